The van der Waals surface area contributed by atoms with Crippen molar-refractivity contribution in [1.82, 2.24) is 9.97 Å². The summed E-state index contributed by atoms with van der Waals surface area (Å²) >= 11 is 5.32. The van der Waals surface area contributed by atoms with Crippen LogP contribution in [-0.2, 0) is 20.9 Å². The van der Waals surface area contributed by atoms with Gasteiger partial charge in [0, 0.05) is 29.5 Å². The van der Waals surface area contributed by atoms with Crippen LogP contribution < -0.4 is 4.52 Å². The number of nitrogens with zero attached hydrogens (tertiary/aromatic N) is 2. The van der Waals surface area contributed by atoms with Crippen LogP contribution in [0.25, 0.3) is 0 Å². The first-order chi connectivity index (χ1) is 8.90. The Morgan fingerprint density at radius 3 is 2.20 bits per heavy atom. The molecule has 0 aromatic carbocycles. The molecule has 1 rings (SSSR count). The summed E-state index contributed by atoms with van der Waals surface area (Å²) in [6.07, 6.45) is 0. The molecule has 0 bridgehead atoms. The molecule has 20 heavy (non-hydrogen) atoms. The summed E-state index contributed by atoms with van der Waals surface area (Å²) < 4.78 is 16.6. The summed E-state index contributed by atoms with van der Waals surface area (Å²) in [4.78, 5) is 8.71. The third-order valence-electron chi connectivity index (χ3n) is 2.14. The van der Waals surface area contributed by atoms with Crippen LogP contribution in [0.3, 0.4) is 0 Å². The lowest BCUT2D eigenvalue weighted by molar-refractivity contribution is 0.215. The first-order valence-corrected chi connectivity index (χ1v) is 8.90. The van der Waals surface area contributed by atoms with Crippen molar-refractivity contribution in [3.8, 4) is 5.88 Å². The highest BCUT2D eigenvalue weighted by Crippen LogP contribution is 2.49. The summed E-state index contributed by atoms with van der Waals surface area (Å²) in [5, 5.41) is 0. The van der Waals surface area contributed by atoms with Gasteiger partial charge in [0.05, 0.1) is 13.2 Å². The molecule has 0 spiro atoms. The van der Waals surface area contributed by atoms with Gasteiger partial charge in [0.1, 0.15) is 5.82 Å². The van der Waals surface area contributed by atoms with Gasteiger partial charge in [-0.25, -0.2) is 4.98 Å². The Bertz CT molecular complexity index is 462. The van der Waals surface area contributed by atoms with E-state index in [2.05, 4.69) is 9.97 Å². The van der Waals surface area contributed by atoms with E-state index in [1.54, 1.807) is 6.07 Å². The molecule has 1 aromatic heterocycles. The fraction of sp³-hybridized carbons (Fsp3) is 0.667. The van der Waals surface area contributed by atoms with E-state index < -0.39 is 6.72 Å². The molecule has 0 aliphatic heterocycles. The molecule has 0 aliphatic carbocycles. The molecule has 0 radical (unpaired) electrons. The second kappa shape index (κ2) is 9.01. The van der Waals surface area contributed by atoms with Gasteiger partial charge in [0.25, 0.3) is 0 Å². The topological polar surface area (TPSA) is 53.5 Å². The predicted octanol–water partition coefficient (Wildman–Crippen LogP) is 3.64. The number of hydrogen-bond donors (Lipinski definition) is 0. The maximum atomic E-state index is 5.68. The minimum absolute atomic E-state index is 0. The Balaban J connectivity index is 0.00000361. The summed E-state index contributed by atoms with van der Waals surface area (Å²) in [5.41, 5.74) is 0.836. The highest BCUT2D eigenvalue weighted by Gasteiger charge is 2.22. The zero-order valence-electron chi connectivity index (χ0n) is 12.8. The Labute approximate surface area is 129 Å². The van der Waals surface area contributed by atoms with Crippen LogP contribution in [0.4, 0.5) is 0 Å². The maximum Gasteiger partial charge on any atom is 0.381 e. The van der Waals surface area contributed by atoms with E-state index in [-0.39, 0.29) is 15.8 Å². The van der Waals surface area contributed by atoms with Gasteiger partial charge in [-0.15, -0.1) is 0 Å². The van der Waals surface area contributed by atoms with Gasteiger partial charge in [-0.05, 0) is 20.8 Å². The average molecular weight is 338 g/mol. The minimum atomic E-state index is -2.77. The molecule has 0 N–H and O–H groups in total. The van der Waals surface area contributed by atoms with E-state index in [0.717, 1.165) is 11.5 Å². The molecule has 1 heterocycles. The standard InChI is InChI=1S/C12H21N2O3PS.H3P/c1-6-15-18(19,16-7-2)17-11-8-10(5)13-12(14-11)9(3)4;/h8-9H,6-7H2,1-5H3;1H3. The Hall–Kier alpha value is -0.120. The molecule has 8 heteroatoms. The Kier molecular flexibility index (Phi) is 8.96. The average Bonchev–Trinajstić information content (AvgIpc) is 2.28. The van der Waals surface area contributed by atoms with Crippen LogP contribution >= 0.6 is 16.6 Å². The number of aryl methyl sites for hydroxylation is 1. The molecule has 0 saturated heterocycles. The lowest BCUT2D eigenvalue weighted by Crippen LogP contribution is -2.06. The summed E-state index contributed by atoms with van der Waals surface area (Å²) in [7, 11) is 0. The van der Waals surface area contributed by atoms with Gasteiger partial charge in [-0.2, -0.15) is 14.9 Å². The Morgan fingerprint density at radius 2 is 1.75 bits per heavy atom. The zero-order chi connectivity index (χ0) is 14.5. The van der Waals surface area contributed by atoms with Crippen LogP contribution in [-0.4, -0.2) is 23.2 Å². The third-order valence-corrected chi connectivity index (χ3v) is 4.56. The molecule has 1 unspecified atom stereocenters. The molecule has 0 aliphatic rings. The van der Waals surface area contributed by atoms with E-state index in [0.29, 0.717) is 19.1 Å². The van der Waals surface area contributed by atoms with Gasteiger partial charge in [-0.1, -0.05) is 13.8 Å². The number of hydrogen-bond acceptors (Lipinski definition) is 6. The van der Waals surface area contributed by atoms with Crippen LogP contribution in [0.2, 0.25) is 0 Å². The lowest BCUT2D eigenvalue weighted by Gasteiger charge is -2.20. The second-order valence-corrected chi connectivity index (χ2v) is 7.17. The normalized spacial score (nSPS) is 11.3. The van der Waals surface area contributed by atoms with Crippen LogP contribution in [0.1, 0.15) is 45.1 Å². The molecule has 116 valence electrons. The van der Waals surface area contributed by atoms with Crippen molar-refractivity contribution < 1.29 is 13.6 Å². The van der Waals surface area contributed by atoms with Crippen molar-refractivity contribution in [3.05, 3.63) is 17.6 Å². The van der Waals surface area contributed by atoms with E-state index >= 15 is 0 Å². The molecule has 0 amide bonds. The molecule has 0 saturated carbocycles. The van der Waals surface area contributed by atoms with Crippen molar-refractivity contribution in [2.24, 2.45) is 0 Å². The number of aromatic nitrogens is 2. The molecular weight excluding hydrogens is 314 g/mol. The fourth-order valence-electron chi connectivity index (χ4n) is 1.39. The zero-order valence-corrected chi connectivity index (χ0v) is 15.9. The maximum absolute atomic E-state index is 5.68. The van der Waals surface area contributed by atoms with Crippen LogP contribution in [0.5, 0.6) is 5.88 Å². The fourth-order valence-corrected chi connectivity index (χ4v) is 3.38. The van der Waals surface area contributed by atoms with Crippen molar-refractivity contribution in [2.75, 3.05) is 13.2 Å². The van der Waals surface area contributed by atoms with Gasteiger partial charge in [0.2, 0.25) is 5.88 Å². The van der Waals surface area contributed by atoms with E-state index in [9.17, 15) is 0 Å². The predicted molar refractivity (Wildman–Crippen MR) is 90.1 cm³/mol. The molecule has 1 aromatic rings. The SMILES string of the molecule is CCOP(=S)(OCC)Oc1cc(C)nc(C(C)C)n1.P. The van der Waals surface area contributed by atoms with Crippen molar-refractivity contribution >= 4 is 28.4 Å². The Morgan fingerprint density at radius 1 is 1.20 bits per heavy atom. The molecule has 5 nitrogen and oxygen atoms in total. The highest BCUT2D eigenvalue weighted by atomic mass is 32.5. The van der Waals surface area contributed by atoms with Gasteiger partial charge < -0.3 is 4.52 Å². The van der Waals surface area contributed by atoms with Gasteiger partial charge in [-0.3, -0.25) is 9.05 Å². The third kappa shape index (κ3) is 6.11. The summed E-state index contributed by atoms with van der Waals surface area (Å²) in [6.45, 7) is 7.78. The van der Waals surface area contributed by atoms with Gasteiger partial charge >= 0.3 is 6.72 Å². The van der Waals surface area contributed by atoms with Gasteiger partial charge in [0.15, 0.2) is 0 Å². The smallest absolute Gasteiger partial charge is 0.381 e. The summed E-state index contributed by atoms with van der Waals surface area (Å²) in [6, 6.07) is 1.74. The molecular formula is C12H24N2O3P2S. The minimum Gasteiger partial charge on any atom is -0.406 e. The van der Waals surface area contributed by atoms with Crippen molar-refractivity contribution in [1.29, 1.82) is 0 Å². The second-order valence-electron chi connectivity index (χ2n) is 4.23. The van der Waals surface area contributed by atoms with Crippen molar-refractivity contribution in [2.45, 2.75) is 40.5 Å². The molecule has 1 atom stereocenters. The van der Waals surface area contributed by atoms with E-state index in [1.807, 2.05) is 34.6 Å². The summed E-state index contributed by atoms with van der Waals surface area (Å²) in [5.74, 6) is 1.37. The first kappa shape index (κ1) is 19.9. The largest absolute Gasteiger partial charge is 0.406 e. The quantitative estimate of drug-likeness (QED) is 0.708. The highest BCUT2D eigenvalue weighted by molar-refractivity contribution is 8.07. The monoisotopic (exact) mass is 338 g/mol. The number of rotatable bonds is 7. The van der Waals surface area contributed by atoms with E-state index in [4.69, 9.17) is 25.4 Å². The van der Waals surface area contributed by atoms with Crippen LogP contribution in [0, 0.1) is 6.92 Å². The lowest BCUT2D eigenvalue weighted by atomic mass is 10.2. The van der Waals surface area contributed by atoms with Crippen LogP contribution in [0.15, 0.2) is 6.07 Å². The van der Waals surface area contributed by atoms with E-state index in [1.165, 1.54) is 0 Å². The molecule has 0 fully saturated rings. The van der Waals surface area contributed by atoms with Crippen molar-refractivity contribution in [3.63, 3.8) is 0 Å². The first-order valence-electron chi connectivity index (χ1n) is 6.34.